The molecule has 0 amide bonds. The molecule has 0 aliphatic carbocycles. The maximum atomic E-state index is 5.94. The summed E-state index contributed by atoms with van der Waals surface area (Å²) in [7, 11) is 0. The van der Waals surface area contributed by atoms with Gasteiger partial charge in [-0.3, -0.25) is 0 Å². The first-order valence-corrected chi connectivity index (χ1v) is 4.65. The second kappa shape index (κ2) is 3.99. The van der Waals surface area contributed by atoms with Gasteiger partial charge in [-0.1, -0.05) is 46.3 Å². The standard InChI is InChI=1S/C8H8BrCl/c9-6-8(10)7-4-2-1-3-5-7/h1-5,8H,6H2. The van der Waals surface area contributed by atoms with Crippen LogP contribution in [0.15, 0.2) is 30.3 Å². The molecule has 0 N–H and O–H groups in total. The Morgan fingerprint density at radius 1 is 1.30 bits per heavy atom. The monoisotopic (exact) mass is 218 g/mol. The van der Waals surface area contributed by atoms with E-state index in [0.717, 1.165) is 5.33 Å². The maximum Gasteiger partial charge on any atom is 0.0682 e. The van der Waals surface area contributed by atoms with E-state index in [9.17, 15) is 0 Å². The van der Waals surface area contributed by atoms with Crippen LogP contribution in [0.1, 0.15) is 10.9 Å². The smallest absolute Gasteiger partial charge is 0.0682 e. The van der Waals surface area contributed by atoms with Crippen molar-refractivity contribution in [2.24, 2.45) is 0 Å². The van der Waals surface area contributed by atoms with E-state index >= 15 is 0 Å². The minimum atomic E-state index is 0.0983. The van der Waals surface area contributed by atoms with E-state index in [4.69, 9.17) is 11.6 Å². The van der Waals surface area contributed by atoms with Gasteiger partial charge < -0.3 is 0 Å². The third-order valence-electron chi connectivity index (χ3n) is 1.30. The van der Waals surface area contributed by atoms with Crippen LogP contribution >= 0.6 is 27.5 Å². The number of alkyl halides is 2. The summed E-state index contributed by atoms with van der Waals surface area (Å²) in [6.45, 7) is 0. The van der Waals surface area contributed by atoms with Gasteiger partial charge >= 0.3 is 0 Å². The number of benzene rings is 1. The minimum Gasteiger partial charge on any atom is -0.117 e. The van der Waals surface area contributed by atoms with Gasteiger partial charge in [-0.25, -0.2) is 0 Å². The lowest BCUT2D eigenvalue weighted by Gasteiger charge is -2.03. The molecular weight excluding hydrogens is 211 g/mol. The highest BCUT2D eigenvalue weighted by Crippen LogP contribution is 2.21. The molecule has 54 valence electrons. The zero-order chi connectivity index (χ0) is 7.40. The Kier molecular flexibility index (Phi) is 3.23. The molecule has 0 heterocycles. The maximum absolute atomic E-state index is 5.94. The van der Waals surface area contributed by atoms with Crippen molar-refractivity contribution in [3.63, 3.8) is 0 Å². The SMILES string of the molecule is ClC(CBr)c1ccccc1. The fourth-order valence-electron chi connectivity index (χ4n) is 0.751. The quantitative estimate of drug-likeness (QED) is 0.669. The van der Waals surface area contributed by atoms with Gasteiger partial charge in [0.1, 0.15) is 0 Å². The predicted molar refractivity (Wildman–Crippen MR) is 48.8 cm³/mol. The molecule has 0 aromatic heterocycles. The summed E-state index contributed by atoms with van der Waals surface area (Å²) in [6, 6.07) is 10.0. The summed E-state index contributed by atoms with van der Waals surface area (Å²) >= 11 is 9.26. The summed E-state index contributed by atoms with van der Waals surface area (Å²) in [5, 5.41) is 0.902. The van der Waals surface area contributed by atoms with Crippen LogP contribution in [0.2, 0.25) is 0 Å². The van der Waals surface area contributed by atoms with Crippen molar-refractivity contribution in [3.8, 4) is 0 Å². The number of hydrogen-bond acceptors (Lipinski definition) is 0. The molecule has 0 radical (unpaired) electrons. The number of rotatable bonds is 2. The summed E-state index contributed by atoms with van der Waals surface area (Å²) < 4.78 is 0. The van der Waals surface area contributed by atoms with E-state index < -0.39 is 0 Å². The average Bonchev–Trinajstić information content (AvgIpc) is 2.05. The minimum absolute atomic E-state index is 0.0983. The molecule has 1 aromatic carbocycles. The molecular formula is C8H8BrCl. The molecule has 0 bridgehead atoms. The lowest BCUT2D eigenvalue weighted by molar-refractivity contribution is 1.11. The van der Waals surface area contributed by atoms with Crippen molar-refractivity contribution >= 4 is 27.5 Å². The fraction of sp³-hybridized carbons (Fsp3) is 0.250. The molecule has 0 nitrogen and oxygen atoms in total. The van der Waals surface area contributed by atoms with Crippen molar-refractivity contribution in [2.75, 3.05) is 5.33 Å². The summed E-state index contributed by atoms with van der Waals surface area (Å²) in [4.78, 5) is 0. The molecule has 0 spiro atoms. The topological polar surface area (TPSA) is 0 Å². The number of hydrogen-bond donors (Lipinski definition) is 0. The number of halogens is 2. The largest absolute Gasteiger partial charge is 0.117 e. The van der Waals surface area contributed by atoms with Crippen LogP contribution in [-0.4, -0.2) is 5.33 Å². The Bertz CT molecular complexity index is 186. The Morgan fingerprint density at radius 3 is 2.40 bits per heavy atom. The predicted octanol–water partition coefficient (Wildman–Crippen LogP) is 3.36. The van der Waals surface area contributed by atoms with Crippen molar-refractivity contribution in [3.05, 3.63) is 35.9 Å². The highest BCUT2D eigenvalue weighted by atomic mass is 79.9. The molecule has 10 heavy (non-hydrogen) atoms. The molecule has 2 heteroatoms. The van der Waals surface area contributed by atoms with Crippen LogP contribution in [0.25, 0.3) is 0 Å². The molecule has 1 unspecified atom stereocenters. The molecule has 0 aliphatic rings. The molecule has 0 saturated heterocycles. The van der Waals surface area contributed by atoms with Crippen LogP contribution < -0.4 is 0 Å². The van der Waals surface area contributed by atoms with Gasteiger partial charge in [0.25, 0.3) is 0 Å². The Balaban J connectivity index is 2.75. The van der Waals surface area contributed by atoms with Crippen molar-refractivity contribution in [1.82, 2.24) is 0 Å². The van der Waals surface area contributed by atoms with Crippen LogP contribution in [0.5, 0.6) is 0 Å². The molecule has 0 aliphatic heterocycles. The lowest BCUT2D eigenvalue weighted by Crippen LogP contribution is -1.88. The van der Waals surface area contributed by atoms with Gasteiger partial charge in [0.05, 0.1) is 5.38 Å². The molecule has 1 atom stereocenters. The second-order valence-electron chi connectivity index (χ2n) is 2.03. The summed E-state index contributed by atoms with van der Waals surface area (Å²) in [6.07, 6.45) is 0. The third kappa shape index (κ3) is 1.99. The Labute approximate surface area is 74.3 Å². The van der Waals surface area contributed by atoms with Crippen LogP contribution in [-0.2, 0) is 0 Å². The fourth-order valence-corrected chi connectivity index (χ4v) is 1.27. The Hall–Kier alpha value is -0.0100. The zero-order valence-corrected chi connectivity index (χ0v) is 7.77. The molecule has 0 saturated carbocycles. The van der Waals surface area contributed by atoms with E-state index in [1.807, 2.05) is 30.3 Å². The van der Waals surface area contributed by atoms with Gasteiger partial charge in [-0.15, -0.1) is 11.6 Å². The van der Waals surface area contributed by atoms with Crippen LogP contribution in [0.4, 0.5) is 0 Å². The van der Waals surface area contributed by atoms with E-state index in [-0.39, 0.29) is 5.38 Å². The normalized spacial score (nSPS) is 13.0. The average molecular weight is 220 g/mol. The van der Waals surface area contributed by atoms with E-state index in [2.05, 4.69) is 15.9 Å². The summed E-state index contributed by atoms with van der Waals surface area (Å²) in [5.41, 5.74) is 1.17. The third-order valence-corrected chi connectivity index (χ3v) is 2.72. The summed E-state index contributed by atoms with van der Waals surface area (Å²) in [5.74, 6) is 0. The van der Waals surface area contributed by atoms with Gasteiger partial charge in [-0.05, 0) is 5.56 Å². The van der Waals surface area contributed by atoms with Crippen molar-refractivity contribution < 1.29 is 0 Å². The van der Waals surface area contributed by atoms with E-state index in [1.165, 1.54) is 5.56 Å². The van der Waals surface area contributed by atoms with E-state index in [1.54, 1.807) is 0 Å². The van der Waals surface area contributed by atoms with Gasteiger partial charge in [0.2, 0.25) is 0 Å². The first-order chi connectivity index (χ1) is 4.84. The highest BCUT2D eigenvalue weighted by Gasteiger charge is 2.02. The first-order valence-electron chi connectivity index (χ1n) is 3.09. The van der Waals surface area contributed by atoms with Crippen LogP contribution in [0, 0.1) is 0 Å². The zero-order valence-electron chi connectivity index (χ0n) is 5.43. The van der Waals surface area contributed by atoms with Gasteiger partial charge in [-0.2, -0.15) is 0 Å². The van der Waals surface area contributed by atoms with Gasteiger partial charge in [0, 0.05) is 5.33 Å². The second-order valence-corrected chi connectivity index (χ2v) is 3.21. The van der Waals surface area contributed by atoms with Crippen molar-refractivity contribution in [1.29, 1.82) is 0 Å². The Morgan fingerprint density at radius 2 is 1.90 bits per heavy atom. The van der Waals surface area contributed by atoms with Crippen LogP contribution in [0.3, 0.4) is 0 Å². The van der Waals surface area contributed by atoms with E-state index in [0.29, 0.717) is 0 Å². The molecule has 0 fully saturated rings. The first kappa shape index (κ1) is 8.09. The molecule has 1 rings (SSSR count). The highest BCUT2D eigenvalue weighted by molar-refractivity contribution is 9.09. The van der Waals surface area contributed by atoms with Crippen molar-refractivity contribution in [2.45, 2.75) is 5.38 Å². The van der Waals surface area contributed by atoms with Gasteiger partial charge in [0.15, 0.2) is 0 Å². The lowest BCUT2D eigenvalue weighted by atomic mass is 10.2. The molecule has 1 aromatic rings.